The standard InChI is InChI=1S/C9H17N3S/c1-3-8(2)13-5-4-12-7-9(10)6-11-12/h6-8H,3-5,10H2,1-2H3. The molecule has 0 saturated carbocycles. The summed E-state index contributed by atoms with van der Waals surface area (Å²) in [4.78, 5) is 0. The lowest BCUT2D eigenvalue weighted by molar-refractivity contribution is 0.665. The third kappa shape index (κ3) is 3.72. The van der Waals surface area contributed by atoms with E-state index < -0.39 is 0 Å². The number of hydrogen-bond donors (Lipinski definition) is 1. The topological polar surface area (TPSA) is 43.8 Å². The first-order chi connectivity index (χ1) is 6.22. The van der Waals surface area contributed by atoms with E-state index in [2.05, 4.69) is 18.9 Å². The Bertz CT molecular complexity index is 247. The number of aromatic nitrogens is 2. The van der Waals surface area contributed by atoms with Crippen LogP contribution in [0.4, 0.5) is 5.69 Å². The highest BCUT2D eigenvalue weighted by atomic mass is 32.2. The maximum atomic E-state index is 5.55. The first-order valence-electron chi connectivity index (χ1n) is 4.62. The highest BCUT2D eigenvalue weighted by Gasteiger charge is 1.99. The van der Waals surface area contributed by atoms with Gasteiger partial charge in [-0.2, -0.15) is 16.9 Å². The van der Waals surface area contributed by atoms with E-state index in [0.717, 1.165) is 23.2 Å². The van der Waals surface area contributed by atoms with Crippen LogP contribution in [0.5, 0.6) is 0 Å². The second-order valence-corrected chi connectivity index (χ2v) is 4.67. The van der Waals surface area contributed by atoms with Crippen molar-refractivity contribution in [1.29, 1.82) is 0 Å². The number of aryl methyl sites for hydroxylation is 1. The molecule has 0 fully saturated rings. The van der Waals surface area contributed by atoms with Crippen molar-refractivity contribution in [2.75, 3.05) is 11.5 Å². The first kappa shape index (κ1) is 10.4. The quantitative estimate of drug-likeness (QED) is 0.788. The molecule has 0 saturated heterocycles. The summed E-state index contributed by atoms with van der Waals surface area (Å²) in [6, 6.07) is 0. The Balaban J connectivity index is 2.20. The molecule has 2 N–H and O–H groups in total. The van der Waals surface area contributed by atoms with Crippen molar-refractivity contribution in [3.8, 4) is 0 Å². The van der Waals surface area contributed by atoms with Crippen LogP contribution in [0, 0.1) is 0 Å². The van der Waals surface area contributed by atoms with E-state index in [1.165, 1.54) is 6.42 Å². The Morgan fingerprint density at radius 3 is 3.00 bits per heavy atom. The number of anilines is 1. The average molecular weight is 199 g/mol. The molecule has 0 aliphatic carbocycles. The van der Waals surface area contributed by atoms with Crippen LogP contribution < -0.4 is 5.73 Å². The van der Waals surface area contributed by atoms with E-state index in [-0.39, 0.29) is 0 Å². The first-order valence-corrected chi connectivity index (χ1v) is 5.66. The number of nitrogens with two attached hydrogens (primary N) is 1. The zero-order valence-electron chi connectivity index (χ0n) is 8.23. The molecule has 0 aliphatic rings. The summed E-state index contributed by atoms with van der Waals surface area (Å²) in [5.41, 5.74) is 6.29. The van der Waals surface area contributed by atoms with E-state index in [4.69, 9.17) is 5.73 Å². The second-order valence-electron chi connectivity index (χ2n) is 3.13. The molecule has 1 aromatic heterocycles. The predicted molar refractivity (Wildman–Crippen MR) is 58.9 cm³/mol. The molecular formula is C9H17N3S. The van der Waals surface area contributed by atoms with Crippen LogP contribution in [0.3, 0.4) is 0 Å². The van der Waals surface area contributed by atoms with Gasteiger partial charge in [-0.3, -0.25) is 4.68 Å². The average Bonchev–Trinajstić information content (AvgIpc) is 2.51. The van der Waals surface area contributed by atoms with E-state index in [1.807, 2.05) is 22.6 Å². The fourth-order valence-electron chi connectivity index (χ4n) is 0.967. The summed E-state index contributed by atoms with van der Waals surface area (Å²) in [6.45, 7) is 5.41. The van der Waals surface area contributed by atoms with Crippen LogP contribution in [0.15, 0.2) is 12.4 Å². The summed E-state index contributed by atoms with van der Waals surface area (Å²) in [5.74, 6) is 1.11. The molecule has 3 nitrogen and oxygen atoms in total. The summed E-state index contributed by atoms with van der Waals surface area (Å²) >= 11 is 1.98. The molecule has 4 heteroatoms. The zero-order chi connectivity index (χ0) is 9.68. The van der Waals surface area contributed by atoms with Gasteiger partial charge in [-0.25, -0.2) is 0 Å². The highest BCUT2D eigenvalue weighted by Crippen LogP contribution is 2.13. The van der Waals surface area contributed by atoms with Crippen LogP contribution in [0.1, 0.15) is 20.3 Å². The molecule has 0 spiro atoms. The largest absolute Gasteiger partial charge is 0.396 e. The van der Waals surface area contributed by atoms with Crippen molar-refractivity contribution < 1.29 is 0 Å². The van der Waals surface area contributed by atoms with Crippen LogP contribution in [0.25, 0.3) is 0 Å². The smallest absolute Gasteiger partial charge is 0.0719 e. The van der Waals surface area contributed by atoms with Gasteiger partial charge in [0.1, 0.15) is 0 Å². The predicted octanol–water partition coefficient (Wildman–Crippen LogP) is 2.00. The molecule has 13 heavy (non-hydrogen) atoms. The van der Waals surface area contributed by atoms with Gasteiger partial charge >= 0.3 is 0 Å². The number of nitrogen functional groups attached to an aromatic ring is 1. The Hall–Kier alpha value is -0.640. The Morgan fingerprint density at radius 2 is 2.46 bits per heavy atom. The number of thioether (sulfide) groups is 1. The van der Waals surface area contributed by atoms with Crippen LogP contribution in [-0.2, 0) is 6.54 Å². The second kappa shape index (κ2) is 5.17. The minimum Gasteiger partial charge on any atom is -0.396 e. The molecule has 0 amide bonds. The van der Waals surface area contributed by atoms with Crippen molar-refractivity contribution in [2.24, 2.45) is 0 Å². The lowest BCUT2D eigenvalue weighted by Gasteiger charge is -2.07. The summed E-state index contributed by atoms with van der Waals surface area (Å²) in [7, 11) is 0. The summed E-state index contributed by atoms with van der Waals surface area (Å²) < 4.78 is 1.89. The van der Waals surface area contributed by atoms with Crippen LogP contribution >= 0.6 is 11.8 Å². The van der Waals surface area contributed by atoms with Gasteiger partial charge in [0.25, 0.3) is 0 Å². The molecule has 0 radical (unpaired) electrons. The van der Waals surface area contributed by atoms with Crippen molar-refractivity contribution in [1.82, 2.24) is 9.78 Å². The number of nitrogens with zero attached hydrogens (tertiary/aromatic N) is 2. The van der Waals surface area contributed by atoms with Gasteiger partial charge in [0.2, 0.25) is 0 Å². The van der Waals surface area contributed by atoms with Crippen molar-refractivity contribution in [3.63, 3.8) is 0 Å². The normalized spacial score (nSPS) is 13.1. The maximum absolute atomic E-state index is 5.55. The third-order valence-electron chi connectivity index (χ3n) is 1.95. The van der Waals surface area contributed by atoms with Gasteiger partial charge < -0.3 is 5.73 Å². The molecule has 1 aromatic rings. The molecule has 0 aromatic carbocycles. The van der Waals surface area contributed by atoms with Crippen LogP contribution in [-0.4, -0.2) is 20.8 Å². The fourth-order valence-corrected chi connectivity index (χ4v) is 1.90. The summed E-state index contributed by atoms with van der Waals surface area (Å²) in [6.07, 6.45) is 4.79. The molecule has 74 valence electrons. The fraction of sp³-hybridized carbons (Fsp3) is 0.667. The number of hydrogen-bond acceptors (Lipinski definition) is 3. The molecule has 0 bridgehead atoms. The van der Waals surface area contributed by atoms with Crippen molar-refractivity contribution in [2.45, 2.75) is 32.1 Å². The van der Waals surface area contributed by atoms with Gasteiger partial charge in [0.05, 0.1) is 18.4 Å². The van der Waals surface area contributed by atoms with Gasteiger partial charge in [-0.05, 0) is 6.42 Å². The number of rotatable bonds is 5. The lowest BCUT2D eigenvalue weighted by atomic mass is 10.4. The highest BCUT2D eigenvalue weighted by molar-refractivity contribution is 7.99. The lowest BCUT2D eigenvalue weighted by Crippen LogP contribution is -2.03. The summed E-state index contributed by atoms with van der Waals surface area (Å²) in [5, 5.41) is 4.86. The van der Waals surface area contributed by atoms with E-state index in [0.29, 0.717) is 0 Å². The third-order valence-corrected chi connectivity index (χ3v) is 3.27. The molecule has 1 rings (SSSR count). The minimum atomic E-state index is 0.743. The Kier molecular flexibility index (Phi) is 4.15. The molecule has 1 atom stereocenters. The Labute approximate surface area is 83.7 Å². The van der Waals surface area contributed by atoms with E-state index in [9.17, 15) is 0 Å². The monoisotopic (exact) mass is 199 g/mol. The van der Waals surface area contributed by atoms with Crippen molar-refractivity contribution >= 4 is 17.4 Å². The van der Waals surface area contributed by atoms with Gasteiger partial charge in [-0.15, -0.1) is 0 Å². The van der Waals surface area contributed by atoms with E-state index in [1.54, 1.807) is 6.20 Å². The van der Waals surface area contributed by atoms with Gasteiger partial charge in [0.15, 0.2) is 0 Å². The SMILES string of the molecule is CCC(C)SCCn1cc(N)cn1. The molecule has 1 heterocycles. The minimum absolute atomic E-state index is 0.743. The van der Waals surface area contributed by atoms with Crippen LogP contribution in [0.2, 0.25) is 0 Å². The van der Waals surface area contributed by atoms with Gasteiger partial charge in [-0.1, -0.05) is 13.8 Å². The molecular weight excluding hydrogens is 182 g/mol. The van der Waals surface area contributed by atoms with E-state index >= 15 is 0 Å². The zero-order valence-corrected chi connectivity index (χ0v) is 9.05. The Morgan fingerprint density at radius 1 is 1.69 bits per heavy atom. The molecule has 0 aliphatic heterocycles. The van der Waals surface area contributed by atoms with Crippen molar-refractivity contribution in [3.05, 3.63) is 12.4 Å². The molecule has 1 unspecified atom stereocenters. The van der Waals surface area contributed by atoms with Gasteiger partial charge in [0, 0.05) is 17.2 Å². The maximum Gasteiger partial charge on any atom is 0.0719 e.